The second kappa shape index (κ2) is 11.7. The number of carbonyl (C=O) groups excluding carboxylic acids is 3. The van der Waals surface area contributed by atoms with E-state index in [9.17, 15) is 18.8 Å². The van der Waals surface area contributed by atoms with E-state index in [1.165, 1.54) is 18.2 Å². The van der Waals surface area contributed by atoms with Gasteiger partial charge >= 0.3 is 0 Å². The number of primary amides is 1. The molecule has 3 rings (SSSR count). The van der Waals surface area contributed by atoms with Crippen molar-refractivity contribution in [3.05, 3.63) is 77.8 Å². The third-order valence-corrected chi connectivity index (χ3v) is 5.53. The van der Waals surface area contributed by atoms with Gasteiger partial charge in [0.1, 0.15) is 17.6 Å². The summed E-state index contributed by atoms with van der Waals surface area (Å²) in [6.45, 7) is 8.15. The molecule has 0 bridgehead atoms. The van der Waals surface area contributed by atoms with Gasteiger partial charge in [0, 0.05) is 29.4 Å². The van der Waals surface area contributed by atoms with Crippen LogP contribution in [0.3, 0.4) is 0 Å². The summed E-state index contributed by atoms with van der Waals surface area (Å²) in [4.78, 5) is 37.4. The van der Waals surface area contributed by atoms with Crippen molar-refractivity contribution < 1.29 is 23.2 Å². The number of furan rings is 1. The first-order valence-corrected chi connectivity index (χ1v) is 12.0. The average Bonchev–Trinajstić information content (AvgIpc) is 3.32. The van der Waals surface area contributed by atoms with Gasteiger partial charge in [-0.2, -0.15) is 0 Å². The van der Waals surface area contributed by atoms with Crippen molar-refractivity contribution >= 4 is 23.4 Å². The molecule has 5 N–H and O–H groups in total. The predicted molar refractivity (Wildman–Crippen MR) is 140 cm³/mol. The van der Waals surface area contributed by atoms with Crippen LogP contribution in [0.4, 0.5) is 10.1 Å². The van der Waals surface area contributed by atoms with E-state index >= 15 is 0 Å². The van der Waals surface area contributed by atoms with Crippen LogP contribution in [-0.4, -0.2) is 36.3 Å². The highest BCUT2D eigenvalue weighted by molar-refractivity contribution is 5.96. The van der Waals surface area contributed by atoms with E-state index in [1.54, 1.807) is 42.5 Å². The Kier molecular flexibility index (Phi) is 8.70. The van der Waals surface area contributed by atoms with Crippen molar-refractivity contribution in [2.75, 3.05) is 11.9 Å². The zero-order chi connectivity index (χ0) is 27.2. The highest BCUT2D eigenvalue weighted by Gasteiger charge is 2.28. The largest absolute Gasteiger partial charge is 0.451 e. The zero-order valence-electron chi connectivity index (χ0n) is 21.4. The van der Waals surface area contributed by atoms with Crippen LogP contribution in [0.25, 0.3) is 11.3 Å². The molecule has 196 valence electrons. The Hall–Kier alpha value is -4.14. The minimum atomic E-state index is -0.809. The van der Waals surface area contributed by atoms with Gasteiger partial charge in [-0.05, 0) is 61.2 Å². The highest BCUT2D eigenvalue weighted by Crippen LogP contribution is 2.24. The lowest BCUT2D eigenvalue weighted by atomic mass is 9.87. The topological polar surface area (TPSA) is 126 Å². The lowest BCUT2D eigenvalue weighted by Gasteiger charge is -2.27. The SMILES string of the molecule is C[C@@H](CNc1cccc(C(N)=O)c1)NC(=O)[C@H](CC(C)(C)C)NC(=O)c1ccc(-c2cccc(F)c2)o1. The molecule has 0 aliphatic rings. The van der Waals surface area contributed by atoms with Gasteiger partial charge in [0.2, 0.25) is 11.8 Å². The van der Waals surface area contributed by atoms with Crippen LogP contribution in [0, 0.1) is 11.2 Å². The van der Waals surface area contributed by atoms with Gasteiger partial charge in [0.25, 0.3) is 5.91 Å². The van der Waals surface area contributed by atoms with Crippen LogP contribution in [0.1, 0.15) is 55.0 Å². The van der Waals surface area contributed by atoms with Gasteiger partial charge in [0.15, 0.2) is 5.76 Å². The maximum Gasteiger partial charge on any atom is 0.287 e. The lowest BCUT2D eigenvalue weighted by molar-refractivity contribution is -0.124. The van der Waals surface area contributed by atoms with E-state index in [-0.39, 0.29) is 23.1 Å². The molecule has 0 radical (unpaired) electrons. The van der Waals surface area contributed by atoms with Gasteiger partial charge in [0.05, 0.1) is 0 Å². The highest BCUT2D eigenvalue weighted by atomic mass is 19.1. The van der Waals surface area contributed by atoms with Crippen LogP contribution in [0.5, 0.6) is 0 Å². The van der Waals surface area contributed by atoms with E-state index in [2.05, 4.69) is 16.0 Å². The molecule has 3 amide bonds. The second-order valence-corrected chi connectivity index (χ2v) is 10.2. The van der Waals surface area contributed by atoms with E-state index in [0.717, 1.165) is 0 Å². The molecule has 0 aliphatic carbocycles. The molecule has 0 unspecified atom stereocenters. The maximum atomic E-state index is 13.6. The minimum Gasteiger partial charge on any atom is -0.451 e. The van der Waals surface area contributed by atoms with Crippen molar-refractivity contribution in [3.8, 4) is 11.3 Å². The molecule has 37 heavy (non-hydrogen) atoms. The predicted octanol–water partition coefficient (Wildman–Crippen LogP) is 4.34. The Morgan fingerprint density at radius 2 is 1.73 bits per heavy atom. The molecular weight excluding hydrogens is 475 g/mol. The summed E-state index contributed by atoms with van der Waals surface area (Å²) in [5, 5.41) is 8.87. The fourth-order valence-corrected chi connectivity index (χ4v) is 3.76. The minimum absolute atomic E-state index is 0.0232. The summed E-state index contributed by atoms with van der Waals surface area (Å²) in [5.41, 5.74) is 6.66. The number of nitrogens with two attached hydrogens (primary N) is 1. The number of halogens is 1. The van der Waals surface area contributed by atoms with E-state index in [0.29, 0.717) is 35.5 Å². The van der Waals surface area contributed by atoms with Crippen LogP contribution < -0.4 is 21.7 Å². The molecule has 1 heterocycles. The molecular formula is C28H33FN4O4. The first-order chi connectivity index (χ1) is 17.4. The average molecular weight is 509 g/mol. The van der Waals surface area contributed by atoms with Crippen LogP contribution in [0.15, 0.2) is 65.1 Å². The molecule has 2 aromatic carbocycles. The smallest absolute Gasteiger partial charge is 0.287 e. The lowest BCUT2D eigenvalue weighted by Crippen LogP contribution is -2.51. The third kappa shape index (κ3) is 8.20. The quantitative estimate of drug-likeness (QED) is 0.324. The molecule has 0 saturated carbocycles. The maximum absolute atomic E-state index is 13.6. The Bertz CT molecular complexity index is 1260. The van der Waals surface area contributed by atoms with Crippen molar-refractivity contribution in [3.63, 3.8) is 0 Å². The number of anilines is 1. The van der Waals surface area contributed by atoms with Gasteiger partial charge in [-0.25, -0.2) is 4.39 Å². The van der Waals surface area contributed by atoms with Gasteiger partial charge in [-0.15, -0.1) is 0 Å². The zero-order valence-corrected chi connectivity index (χ0v) is 21.4. The summed E-state index contributed by atoms with van der Waals surface area (Å²) in [6, 6.07) is 14.6. The van der Waals surface area contributed by atoms with Crippen LogP contribution >= 0.6 is 0 Å². The summed E-state index contributed by atoms with van der Waals surface area (Å²) in [6.07, 6.45) is 0.392. The second-order valence-electron chi connectivity index (χ2n) is 10.2. The fourth-order valence-electron chi connectivity index (χ4n) is 3.76. The molecule has 2 atom stereocenters. The monoisotopic (exact) mass is 508 g/mol. The van der Waals surface area contributed by atoms with Crippen molar-refractivity contribution in [2.45, 2.75) is 46.2 Å². The van der Waals surface area contributed by atoms with E-state index in [1.807, 2.05) is 27.7 Å². The number of hydrogen-bond acceptors (Lipinski definition) is 5. The van der Waals surface area contributed by atoms with Crippen LogP contribution in [0.2, 0.25) is 0 Å². The molecule has 0 aliphatic heterocycles. The number of nitrogens with one attached hydrogen (secondary N) is 3. The fraction of sp³-hybridized carbons (Fsp3) is 0.321. The molecule has 8 nitrogen and oxygen atoms in total. The Morgan fingerprint density at radius 3 is 2.41 bits per heavy atom. The van der Waals surface area contributed by atoms with Gasteiger partial charge in [-0.3, -0.25) is 14.4 Å². The number of carbonyl (C=O) groups is 3. The Balaban J connectivity index is 1.64. The first kappa shape index (κ1) is 27.4. The van der Waals surface area contributed by atoms with Crippen molar-refractivity contribution in [1.29, 1.82) is 0 Å². The number of amides is 3. The molecule has 0 saturated heterocycles. The molecule has 1 aromatic heterocycles. The molecule has 3 aromatic rings. The van der Waals surface area contributed by atoms with Crippen molar-refractivity contribution in [1.82, 2.24) is 10.6 Å². The van der Waals surface area contributed by atoms with E-state index < -0.39 is 23.7 Å². The standard InChI is InChI=1S/C28H33FN4O4/c1-17(16-31-21-10-6-8-19(14-21)25(30)34)32-26(35)22(15-28(2,3)4)33-27(36)24-12-11-23(37-24)18-7-5-9-20(29)13-18/h5-14,17,22,31H,15-16H2,1-4H3,(H2,30,34)(H,32,35)(H,33,36)/t17-,22-/m0/s1. The summed E-state index contributed by atoms with van der Waals surface area (Å²) < 4.78 is 19.2. The summed E-state index contributed by atoms with van der Waals surface area (Å²) >= 11 is 0. The number of rotatable bonds is 10. The number of hydrogen-bond donors (Lipinski definition) is 4. The third-order valence-electron chi connectivity index (χ3n) is 5.53. The van der Waals surface area contributed by atoms with E-state index in [4.69, 9.17) is 10.2 Å². The molecule has 9 heteroatoms. The van der Waals surface area contributed by atoms with Gasteiger partial charge < -0.3 is 26.1 Å². The number of benzene rings is 2. The Labute approximate surface area is 215 Å². The molecule has 0 spiro atoms. The summed E-state index contributed by atoms with van der Waals surface area (Å²) in [5.74, 6) is -1.44. The van der Waals surface area contributed by atoms with Crippen LogP contribution in [-0.2, 0) is 4.79 Å². The Morgan fingerprint density at radius 1 is 1.00 bits per heavy atom. The molecule has 0 fully saturated rings. The normalized spacial score (nSPS) is 12.9. The van der Waals surface area contributed by atoms with Gasteiger partial charge in [-0.1, -0.05) is 39.0 Å². The summed E-state index contributed by atoms with van der Waals surface area (Å²) in [7, 11) is 0. The first-order valence-electron chi connectivity index (χ1n) is 12.0. The van der Waals surface area contributed by atoms with Crippen molar-refractivity contribution in [2.24, 2.45) is 11.1 Å².